The number of aromatic amines is 1. The lowest BCUT2D eigenvalue weighted by molar-refractivity contribution is 0.568. The Labute approximate surface area is 408 Å². The summed E-state index contributed by atoms with van der Waals surface area (Å²) >= 11 is 0. The highest BCUT2D eigenvalue weighted by Gasteiger charge is 2.41. The summed E-state index contributed by atoms with van der Waals surface area (Å²) in [4.78, 5) is 6.21. The van der Waals surface area contributed by atoms with E-state index in [1.54, 1.807) is 0 Å². The van der Waals surface area contributed by atoms with Gasteiger partial charge in [-0.3, -0.25) is 0 Å². The van der Waals surface area contributed by atoms with E-state index in [2.05, 4.69) is 271 Å². The van der Waals surface area contributed by atoms with Gasteiger partial charge in [0.25, 0.3) is 0 Å². The number of hydrogen-bond donors (Lipinski definition) is 1. The molecule has 1 aliphatic rings. The number of rotatable bonds is 10. The molecular formula is C66H48N2OSi. The van der Waals surface area contributed by atoms with Gasteiger partial charge in [-0.25, -0.2) is 0 Å². The van der Waals surface area contributed by atoms with Crippen LogP contribution in [0.5, 0.6) is 0 Å². The Balaban J connectivity index is 0.886. The van der Waals surface area contributed by atoms with E-state index < -0.39 is 8.07 Å². The molecule has 0 aliphatic heterocycles. The molecule has 1 unspecified atom stereocenters. The molecule has 12 aromatic rings. The first-order valence-corrected chi connectivity index (χ1v) is 26.3. The van der Waals surface area contributed by atoms with Crippen LogP contribution in [-0.4, -0.2) is 19.1 Å². The average Bonchev–Trinajstić information content (AvgIpc) is 4.01. The van der Waals surface area contributed by atoms with E-state index >= 15 is 0 Å². The SMILES string of the molecule is C1=c2oc3ccccc3c2=CCC1N(c1ccc(-c2ccc([Si](c3ccccc3)(c3ccccc3)c3ccccc3)cc2)cc1)c1ccc(-c2cc(-c3ccccc3)c3[nH]c4ccccc4c3c2)cc1. The molecule has 332 valence electrons. The van der Waals surface area contributed by atoms with Crippen LogP contribution in [-0.2, 0) is 0 Å². The lowest BCUT2D eigenvalue weighted by Crippen LogP contribution is -2.74. The van der Waals surface area contributed by atoms with Crippen LogP contribution in [0.15, 0.2) is 259 Å². The van der Waals surface area contributed by atoms with Crippen LogP contribution in [0.2, 0.25) is 0 Å². The second-order valence-corrected chi connectivity index (χ2v) is 22.2. The molecule has 0 fully saturated rings. The molecule has 2 aromatic heterocycles. The van der Waals surface area contributed by atoms with Gasteiger partial charge in [0.2, 0.25) is 0 Å². The maximum atomic E-state index is 6.51. The molecule has 2 heterocycles. The van der Waals surface area contributed by atoms with Gasteiger partial charge in [0.05, 0.1) is 11.6 Å². The summed E-state index contributed by atoms with van der Waals surface area (Å²) in [5.74, 6) is 0. The topological polar surface area (TPSA) is 32.2 Å². The van der Waals surface area contributed by atoms with Crippen LogP contribution in [0.4, 0.5) is 11.4 Å². The van der Waals surface area contributed by atoms with Crippen molar-refractivity contribution in [1.82, 2.24) is 4.98 Å². The first-order valence-electron chi connectivity index (χ1n) is 24.3. The van der Waals surface area contributed by atoms with Gasteiger partial charge in [-0.1, -0.05) is 212 Å². The maximum Gasteiger partial charge on any atom is 0.179 e. The standard InChI is InChI=1S/C66H48N2OSi/c1-5-17-49(18-6-1)61-43-50(44-62-58-25-13-15-27-63(58)67-66(61)62)48-31-37-52(38-32-48)68(53-39-42-60-59-26-14-16-28-64(59)69-65(60)45-53)51-35-29-46(30-36-51)47-33-40-57(41-34-47)70(54-19-7-2-8-20-54,55-21-9-3-10-22-55)56-23-11-4-12-24-56/h1-38,40-45,53,67H,39H2. The second kappa shape index (κ2) is 17.4. The van der Waals surface area contributed by atoms with Gasteiger partial charge >= 0.3 is 0 Å². The number of nitrogens with one attached hydrogen (secondary N) is 1. The van der Waals surface area contributed by atoms with Crippen LogP contribution in [0, 0.1) is 0 Å². The number of H-pyrrole nitrogens is 1. The van der Waals surface area contributed by atoms with Crippen molar-refractivity contribution in [3.05, 3.63) is 265 Å². The van der Waals surface area contributed by atoms with Gasteiger partial charge in [-0.2, -0.15) is 0 Å². The number of nitrogens with zero attached hydrogens (tertiary/aromatic N) is 1. The van der Waals surface area contributed by atoms with Crippen molar-refractivity contribution >= 4 is 85.1 Å². The smallest absolute Gasteiger partial charge is 0.179 e. The Bertz CT molecular complexity index is 3840. The molecule has 1 aliphatic carbocycles. The van der Waals surface area contributed by atoms with Gasteiger partial charge in [0.15, 0.2) is 8.07 Å². The number of hydrogen-bond acceptors (Lipinski definition) is 2. The molecule has 1 atom stereocenters. The van der Waals surface area contributed by atoms with E-state index in [1.807, 2.05) is 6.07 Å². The van der Waals surface area contributed by atoms with E-state index in [0.717, 1.165) is 45.2 Å². The Kier molecular flexibility index (Phi) is 10.3. The summed E-state index contributed by atoms with van der Waals surface area (Å²) < 4.78 is 6.51. The Morgan fingerprint density at radius 1 is 0.414 bits per heavy atom. The number of para-hydroxylation sites is 2. The quantitative estimate of drug-likeness (QED) is 0.110. The molecule has 0 amide bonds. The number of aromatic nitrogens is 1. The first kappa shape index (κ1) is 41.5. The summed E-state index contributed by atoms with van der Waals surface area (Å²) in [5.41, 5.74) is 13.5. The van der Waals surface area contributed by atoms with Crippen molar-refractivity contribution in [1.29, 1.82) is 0 Å². The predicted molar refractivity (Wildman–Crippen MR) is 297 cm³/mol. The molecule has 70 heavy (non-hydrogen) atoms. The molecule has 4 heteroatoms. The minimum absolute atomic E-state index is 0.0309. The van der Waals surface area contributed by atoms with Crippen molar-refractivity contribution in [2.75, 3.05) is 4.90 Å². The van der Waals surface area contributed by atoms with Crippen LogP contribution in [0.3, 0.4) is 0 Å². The third kappa shape index (κ3) is 7.11. The zero-order valence-corrected chi connectivity index (χ0v) is 39.5. The number of benzene rings is 10. The van der Waals surface area contributed by atoms with Gasteiger partial charge in [-0.05, 0) is 110 Å². The normalized spacial score (nSPS) is 13.5. The highest BCUT2D eigenvalue weighted by atomic mass is 28.3. The summed E-state index contributed by atoms with van der Waals surface area (Å²) in [7, 11) is -2.63. The van der Waals surface area contributed by atoms with E-state index in [-0.39, 0.29) is 6.04 Å². The van der Waals surface area contributed by atoms with Gasteiger partial charge in [0.1, 0.15) is 11.0 Å². The molecule has 0 bridgehead atoms. The molecular weight excluding hydrogens is 865 g/mol. The fraction of sp³-hybridized carbons (Fsp3) is 0.0303. The van der Waals surface area contributed by atoms with Gasteiger partial charge < -0.3 is 14.3 Å². The number of fused-ring (bicyclic) bond motifs is 6. The maximum absolute atomic E-state index is 6.51. The zero-order valence-electron chi connectivity index (χ0n) is 38.5. The third-order valence-electron chi connectivity index (χ3n) is 14.5. The Morgan fingerprint density at radius 3 is 1.50 bits per heavy atom. The van der Waals surface area contributed by atoms with Crippen LogP contribution in [0.1, 0.15) is 6.42 Å². The third-order valence-corrected chi connectivity index (χ3v) is 19.3. The molecule has 1 N–H and O–H groups in total. The Morgan fingerprint density at radius 2 is 0.900 bits per heavy atom. The van der Waals surface area contributed by atoms with Gasteiger partial charge in [0, 0.05) is 43.8 Å². The Hall–Kier alpha value is -8.70. The highest BCUT2D eigenvalue weighted by molar-refractivity contribution is 7.19. The minimum atomic E-state index is -2.63. The average molecular weight is 913 g/mol. The fourth-order valence-corrected chi connectivity index (χ4v) is 15.9. The number of furan rings is 1. The molecule has 0 radical (unpaired) electrons. The second-order valence-electron chi connectivity index (χ2n) is 18.4. The molecule has 0 saturated carbocycles. The van der Waals surface area contributed by atoms with Crippen molar-refractivity contribution in [2.45, 2.75) is 12.5 Å². The summed E-state index contributed by atoms with van der Waals surface area (Å²) in [6.07, 6.45) is 5.51. The van der Waals surface area contributed by atoms with Crippen molar-refractivity contribution in [3.63, 3.8) is 0 Å². The van der Waals surface area contributed by atoms with E-state index in [1.165, 1.54) is 70.1 Å². The summed E-state index contributed by atoms with van der Waals surface area (Å²) in [6.45, 7) is 0. The molecule has 13 rings (SSSR count). The number of anilines is 2. The lowest BCUT2D eigenvalue weighted by atomic mass is 9.95. The van der Waals surface area contributed by atoms with Crippen molar-refractivity contribution < 1.29 is 4.42 Å². The fourth-order valence-electron chi connectivity index (χ4n) is 11.2. The first-order chi connectivity index (χ1) is 34.7. The molecule has 0 spiro atoms. The van der Waals surface area contributed by atoms with Gasteiger partial charge in [-0.15, -0.1) is 0 Å². The van der Waals surface area contributed by atoms with Crippen LogP contribution in [0.25, 0.3) is 78.3 Å². The lowest BCUT2D eigenvalue weighted by Gasteiger charge is -2.34. The molecule has 10 aromatic carbocycles. The summed E-state index contributed by atoms with van der Waals surface area (Å²) in [5, 5.41) is 10.3. The highest BCUT2D eigenvalue weighted by Crippen LogP contribution is 2.39. The summed E-state index contributed by atoms with van der Waals surface area (Å²) in [6, 6.07) is 93.5. The minimum Gasteiger partial charge on any atom is -0.456 e. The monoisotopic (exact) mass is 912 g/mol. The van der Waals surface area contributed by atoms with E-state index in [4.69, 9.17) is 4.42 Å². The van der Waals surface area contributed by atoms with Crippen molar-refractivity contribution in [2.24, 2.45) is 0 Å². The molecule has 3 nitrogen and oxygen atoms in total. The predicted octanol–water partition coefficient (Wildman–Crippen LogP) is 12.6. The van der Waals surface area contributed by atoms with Crippen molar-refractivity contribution in [3.8, 4) is 33.4 Å². The van der Waals surface area contributed by atoms with Crippen LogP contribution >= 0.6 is 0 Å². The molecule has 0 saturated heterocycles. The van der Waals surface area contributed by atoms with Crippen LogP contribution < -0.4 is 36.3 Å². The van der Waals surface area contributed by atoms with E-state index in [0.29, 0.717) is 0 Å². The largest absolute Gasteiger partial charge is 0.456 e. The van der Waals surface area contributed by atoms with E-state index in [9.17, 15) is 0 Å². The zero-order chi connectivity index (χ0) is 46.4.